The van der Waals surface area contributed by atoms with Gasteiger partial charge in [-0.3, -0.25) is 14.6 Å². The molecule has 138 valence electrons. The van der Waals surface area contributed by atoms with E-state index in [-0.39, 0.29) is 34.0 Å². The van der Waals surface area contributed by atoms with E-state index >= 15 is 0 Å². The summed E-state index contributed by atoms with van der Waals surface area (Å²) in [4.78, 5) is 31.9. The van der Waals surface area contributed by atoms with Gasteiger partial charge < -0.3 is 10.3 Å². The third-order valence-corrected chi connectivity index (χ3v) is 4.53. The number of Topliss-reactive ketones (excluding diaryl/α,β-unsaturated/α-hetero) is 1. The lowest BCUT2D eigenvalue weighted by molar-refractivity contribution is 0.0988. The number of ketones is 2. The van der Waals surface area contributed by atoms with Crippen LogP contribution < -0.4 is 5.32 Å². The average Bonchev–Trinajstić information content (AvgIpc) is 3.15. The molecule has 2 aromatic heterocycles. The number of benzene rings is 1. The zero-order valence-electron chi connectivity index (χ0n) is 14.6. The normalized spacial score (nSPS) is 10.8. The molecule has 0 atom stereocenters. The maximum absolute atomic E-state index is 14.2. The third kappa shape index (κ3) is 4.13. The van der Waals surface area contributed by atoms with Crippen LogP contribution in [0.1, 0.15) is 37.5 Å². The Balaban J connectivity index is 1.85. The molecule has 0 unspecified atom stereocenters. The van der Waals surface area contributed by atoms with E-state index in [0.29, 0.717) is 12.1 Å². The quantitative estimate of drug-likeness (QED) is 0.609. The number of H-pyrrole nitrogens is 1. The highest BCUT2D eigenvalue weighted by atomic mass is 35.5. The Morgan fingerprint density at radius 1 is 1.30 bits per heavy atom. The Labute approximate surface area is 160 Å². The molecule has 0 saturated carbocycles. The Bertz CT molecular complexity index is 986. The Morgan fingerprint density at radius 2 is 2.11 bits per heavy atom. The van der Waals surface area contributed by atoms with Crippen molar-refractivity contribution in [2.24, 2.45) is 0 Å². The first-order valence-electron chi connectivity index (χ1n) is 8.28. The molecule has 0 bridgehead atoms. The van der Waals surface area contributed by atoms with Gasteiger partial charge in [-0.05, 0) is 36.4 Å². The lowest BCUT2D eigenvalue weighted by atomic mass is 10.0. The van der Waals surface area contributed by atoms with Crippen molar-refractivity contribution in [3.8, 4) is 0 Å². The van der Waals surface area contributed by atoms with Gasteiger partial charge >= 0.3 is 0 Å². The summed E-state index contributed by atoms with van der Waals surface area (Å²) in [5.74, 6) is -1.47. The summed E-state index contributed by atoms with van der Waals surface area (Å²) in [6.07, 6.45) is 4.77. The molecule has 7 heteroatoms. The maximum Gasteiger partial charge on any atom is 0.199 e. The summed E-state index contributed by atoms with van der Waals surface area (Å²) in [5, 5.41) is 2.99. The summed E-state index contributed by atoms with van der Waals surface area (Å²) in [7, 11) is 1.73. The topological polar surface area (TPSA) is 74.8 Å². The fraction of sp³-hybridized carbons (Fsp3) is 0.150. The number of halogens is 2. The summed E-state index contributed by atoms with van der Waals surface area (Å²) in [5.41, 5.74) is 1.62. The van der Waals surface area contributed by atoms with Crippen LogP contribution in [0.4, 0.5) is 4.39 Å². The second kappa shape index (κ2) is 8.24. The van der Waals surface area contributed by atoms with Gasteiger partial charge in [-0.1, -0.05) is 23.7 Å². The molecule has 0 aliphatic heterocycles. The fourth-order valence-corrected chi connectivity index (χ4v) is 3.05. The lowest BCUT2D eigenvalue weighted by Gasteiger charge is -2.09. The highest BCUT2D eigenvalue weighted by Crippen LogP contribution is 2.27. The number of rotatable bonds is 7. The number of carbonyl (C=O) groups is 2. The van der Waals surface area contributed by atoms with E-state index in [9.17, 15) is 14.0 Å². The van der Waals surface area contributed by atoms with Crippen LogP contribution >= 0.6 is 11.6 Å². The number of aromatic nitrogens is 2. The number of pyridine rings is 1. The first kappa shape index (κ1) is 18.9. The molecule has 0 amide bonds. The molecular weight excluding hydrogens is 369 g/mol. The number of hydrogen-bond donors (Lipinski definition) is 2. The van der Waals surface area contributed by atoms with Gasteiger partial charge in [-0.2, -0.15) is 0 Å². The van der Waals surface area contributed by atoms with Crippen molar-refractivity contribution >= 4 is 23.2 Å². The minimum absolute atomic E-state index is 0.0683. The van der Waals surface area contributed by atoms with E-state index in [2.05, 4.69) is 15.3 Å². The molecule has 1 aromatic carbocycles. The van der Waals surface area contributed by atoms with E-state index in [4.69, 9.17) is 11.6 Å². The monoisotopic (exact) mass is 385 g/mol. The third-order valence-electron chi connectivity index (χ3n) is 4.10. The molecule has 2 heterocycles. The molecule has 0 spiro atoms. The van der Waals surface area contributed by atoms with Gasteiger partial charge in [0.15, 0.2) is 11.6 Å². The van der Waals surface area contributed by atoms with Gasteiger partial charge in [-0.15, -0.1) is 0 Å². The van der Waals surface area contributed by atoms with E-state index in [1.54, 1.807) is 31.6 Å². The number of hydrogen-bond acceptors (Lipinski definition) is 4. The first-order chi connectivity index (χ1) is 13.0. The summed E-state index contributed by atoms with van der Waals surface area (Å²) < 4.78 is 14.2. The summed E-state index contributed by atoms with van der Waals surface area (Å²) in [6.45, 7) is 0.404. The SMILES string of the molecule is CNCc1ccc(F)c(C(=O)c2c[nH]c(C(=O)Cc3cccnc3)c2)c1Cl. The van der Waals surface area contributed by atoms with Crippen molar-refractivity contribution in [2.45, 2.75) is 13.0 Å². The minimum atomic E-state index is -0.700. The molecule has 3 aromatic rings. The molecule has 5 nitrogen and oxygen atoms in total. The highest BCUT2D eigenvalue weighted by Gasteiger charge is 2.22. The molecule has 27 heavy (non-hydrogen) atoms. The molecule has 3 rings (SSSR count). The summed E-state index contributed by atoms with van der Waals surface area (Å²) >= 11 is 6.23. The molecule has 0 fully saturated rings. The molecule has 0 aliphatic rings. The smallest absolute Gasteiger partial charge is 0.199 e. The standard InChI is InChI=1S/C20H17ClFN3O2/c1-23-10-13-4-5-15(22)18(19(13)21)20(27)14-8-16(25-11-14)17(26)7-12-3-2-6-24-9-12/h2-6,8-9,11,23,25H,7,10H2,1H3. The van der Waals surface area contributed by atoms with Crippen LogP contribution in [0.15, 0.2) is 48.9 Å². The Kier molecular flexibility index (Phi) is 5.78. The van der Waals surface area contributed by atoms with Crippen LogP contribution in [0.3, 0.4) is 0 Å². The van der Waals surface area contributed by atoms with Gasteiger partial charge in [0, 0.05) is 37.1 Å². The number of nitrogens with one attached hydrogen (secondary N) is 2. The average molecular weight is 386 g/mol. The zero-order chi connectivity index (χ0) is 19.4. The second-order valence-corrected chi connectivity index (χ2v) is 6.40. The van der Waals surface area contributed by atoms with Gasteiger partial charge in [0.1, 0.15) is 5.82 Å². The highest BCUT2D eigenvalue weighted by molar-refractivity contribution is 6.35. The van der Waals surface area contributed by atoms with Crippen LogP contribution in [0.2, 0.25) is 5.02 Å². The van der Waals surface area contributed by atoms with E-state index in [0.717, 1.165) is 5.56 Å². The molecule has 0 saturated heterocycles. The van der Waals surface area contributed by atoms with Crippen molar-refractivity contribution in [3.63, 3.8) is 0 Å². The lowest BCUT2D eigenvalue weighted by Crippen LogP contribution is -2.10. The van der Waals surface area contributed by atoms with Gasteiger partial charge in [0.2, 0.25) is 0 Å². The molecule has 0 aliphatic carbocycles. The van der Waals surface area contributed by atoms with Crippen molar-refractivity contribution in [1.29, 1.82) is 0 Å². The predicted octanol–water partition coefficient (Wildman–Crippen LogP) is 3.58. The van der Waals surface area contributed by atoms with Crippen molar-refractivity contribution < 1.29 is 14.0 Å². The number of aromatic amines is 1. The largest absolute Gasteiger partial charge is 0.358 e. The van der Waals surface area contributed by atoms with Crippen molar-refractivity contribution in [1.82, 2.24) is 15.3 Å². The van der Waals surface area contributed by atoms with Crippen LogP contribution in [-0.4, -0.2) is 28.6 Å². The van der Waals surface area contributed by atoms with Crippen LogP contribution in [0.25, 0.3) is 0 Å². The minimum Gasteiger partial charge on any atom is -0.358 e. The number of carbonyl (C=O) groups excluding carboxylic acids is 2. The van der Waals surface area contributed by atoms with Crippen LogP contribution in [-0.2, 0) is 13.0 Å². The maximum atomic E-state index is 14.2. The van der Waals surface area contributed by atoms with E-state index < -0.39 is 11.6 Å². The Hall–Kier alpha value is -2.83. The summed E-state index contributed by atoms with van der Waals surface area (Å²) in [6, 6.07) is 7.71. The zero-order valence-corrected chi connectivity index (χ0v) is 15.3. The van der Waals surface area contributed by atoms with E-state index in [1.165, 1.54) is 24.4 Å². The van der Waals surface area contributed by atoms with Crippen molar-refractivity contribution in [3.05, 3.63) is 87.7 Å². The van der Waals surface area contributed by atoms with Crippen molar-refractivity contribution in [2.75, 3.05) is 7.05 Å². The van der Waals surface area contributed by atoms with Crippen LogP contribution in [0.5, 0.6) is 0 Å². The fourth-order valence-electron chi connectivity index (χ4n) is 2.74. The first-order valence-corrected chi connectivity index (χ1v) is 8.65. The molecule has 0 radical (unpaired) electrons. The van der Waals surface area contributed by atoms with Crippen LogP contribution in [0, 0.1) is 5.82 Å². The molecule has 2 N–H and O–H groups in total. The van der Waals surface area contributed by atoms with Gasteiger partial charge in [0.05, 0.1) is 16.3 Å². The van der Waals surface area contributed by atoms with Gasteiger partial charge in [0.25, 0.3) is 0 Å². The van der Waals surface area contributed by atoms with E-state index in [1.807, 2.05) is 0 Å². The van der Waals surface area contributed by atoms with Gasteiger partial charge in [-0.25, -0.2) is 4.39 Å². The Morgan fingerprint density at radius 3 is 2.81 bits per heavy atom. The second-order valence-electron chi connectivity index (χ2n) is 6.02. The predicted molar refractivity (Wildman–Crippen MR) is 101 cm³/mol. The molecular formula is C20H17ClFN3O2. The number of nitrogens with zero attached hydrogens (tertiary/aromatic N) is 1.